The summed E-state index contributed by atoms with van der Waals surface area (Å²) >= 11 is 0. The Morgan fingerprint density at radius 1 is 1.07 bits per heavy atom. The molecule has 2 heterocycles. The first kappa shape index (κ1) is 29.0. The molecule has 10 nitrogen and oxygen atoms in total. The standard InChI is InChI=1S/C32H27FN4O6/c33-26-14-21(17-34)6-11-29(26)42-19-23-2-1-3-31(36-23)43-24-8-4-20(5-9-24)15-30(38)37-27-10-7-22(32(39)40)16-28(27)35-18-25-12-13-41-25/h1-11,14,16,25,35H,12-13,15,18-19H2,(H,37,38)(H,39,40)/t25-/m0/s1. The lowest BCUT2D eigenvalue weighted by atomic mass is 10.1. The van der Waals surface area contributed by atoms with Gasteiger partial charge in [0.1, 0.15) is 12.4 Å². The molecule has 218 valence electrons. The summed E-state index contributed by atoms with van der Waals surface area (Å²) in [6.45, 7) is 1.21. The number of aromatic nitrogens is 1. The van der Waals surface area contributed by atoms with Gasteiger partial charge in [0.15, 0.2) is 11.6 Å². The van der Waals surface area contributed by atoms with Crippen LogP contribution in [0, 0.1) is 17.1 Å². The Hall–Kier alpha value is -5.47. The monoisotopic (exact) mass is 582 g/mol. The Morgan fingerprint density at radius 3 is 2.58 bits per heavy atom. The molecular weight excluding hydrogens is 555 g/mol. The van der Waals surface area contributed by atoms with Crippen molar-refractivity contribution in [3.63, 3.8) is 0 Å². The van der Waals surface area contributed by atoms with Crippen LogP contribution in [-0.2, 0) is 22.6 Å². The number of benzene rings is 3. The van der Waals surface area contributed by atoms with Crippen molar-refractivity contribution in [3.8, 4) is 23.4 Å². The number of carboxylic acid groups (broad SMARTS) is 1. The smallest absolute Gasteiger partial charge is 0.335 e. The highest BCUT2D eigenvalue weighted by atomic mass is 19.1. The first-order chi connectivity index (χ1) is 20.9. The first-order valence-corrected chi connectivity index (χ1v) is 13.4. The van der Waals surface area contributed by atoms with Gasteiger partial charge in [0.25, 0.3) is 0 Å². The fourth-order valence-corrected chi connectivity index (χ4v) is 4.21. The van der Waals surface area contributed by atoms with Gasteiger partial charge in [-0.2, -0.15) is 5.26 Å². The number of halogens is 1. The van der Waals surface area contributed by atoms with E-state index in [1.54, 1.807) is 48.5 Å². The number of pyridine rings is 1. The van der Waals surface area contributed by atoms with E-state index < -0.39 is 11.8 Å². The van der Waals surface area contributed by atoms with E-state index in [2.05, 4.69) is 15.6 Å². The van der Waals surface area contributed by atoms with Crippen molar-refractivity contribution in [1.29, 1.82) is 5.26 Å². The minimum atomic E-state index is -1.06. The summed E-state index contributed by atoms with van der Waals surface area (Å²) in [4.78, 5) is 28.6. The van der Waals surface area contributed by atoms with Crippen LogP contribution in [0.15, 0.2) is 78.9 Å². The van der Waals surface area contributed by atoms with Crippen molar-refractivity contribution in [2.45, 2.75) is 25.6 Å². The molecule has 4 aromatic rings. The lowest BCUT2D eigenvalue weighted by molar-refractivity contribution is -0.115. The van der Waals surface area contributed by atoms with Crippen molar-refractivity contribution in [2.24, 2.45) is 0 Å². The summed E-state index contributed by atoms with van der Waals surface area (Å²) < 4.78 is 30.8. The Kier molecular flexibility index (Phi) is 9.09. The normalized spacial score (nSPS) is 13.7. The summed E-state index contributed by atoms with van der Waals surface area (Å²) in [7, 11) is 0. The number of rotatable bonds is 12. The molecule has 43 heavy (non-hydrogen) atoms. The number of aromatic carboxylic acids is 1. The Morgan fingerprint density at radius 2 is 1.88 bits per heavy atom. The fraction of sp³-hybridized carbons (Fsp3) is 0.188. The highest BCUT2D eigenvalue weighted by Crippen LogP contribution is 2.26. The third-order valence-corrected chi connectivity index (χ3v) is 6.58. The summed E-state index contributed by atoms with van der Waals surface area (Å²) in [5.41, 5.74) is 2.55. The average Bonchev–Trinajstić information content (AvgIpc) is 2.97. The molecule has 0 radical (unpaired) electrons. The number of carbonyl (C=O) groups excluding carboxylic acids is 1. The van der Waals surface area contributed by atoms with E-state index in [0.717, 1.165) is 18.1 Å². The number of carboxylic acids is 1. The average molecular weight is 583 g/mol. The van der Waals surface area contributed by atoms with Gasteiger partial charge in [-0.25, -0.2) is 14.2 Å². The van der Waals surface area contributed by atoms with Crippen LogP contribution in [0.4, 0.5) is 15.8 Å². The molecule has 5 rings (SSSR count). The van der Waals surface area contributed by atoms with Crippen LogP contribution in [0.1, 0.15) is 33.6 Å². The molecule has 1 atom stereocenters. The molecule has 1 aromatic heterocycles. The molecule has 1 aliphatic heterocycles. The number of hydrogen-bond donors (Lipinski definition) is 3. The zero-order chi connectivity index (χ0) is 30.2. The predicted octanol–water partition coefficient (Wildman–Crippen LogP) is 5.54. The van der Waals surface area contributed by atoms with E-state index >= 15 is 0 Å². The summed E-state index contributed by atoms with van der Waals surface area (Å²) in [6, 6.07) is 22.4. The van der Waals surface area contributed by atoms with Crippen molar-refractivity contribution in [3.05, 3.63) is 107 Å². The largest absolute Gasteiger partial charge is 0.484 e. The second kappa shape index (κ2) is 13.5. The van der Waals surface area contributed by atoms with Crippen LogP contribution >= 0.6 is 0 Å². The molecule has 11 heteroatoms. The van der Waals surface area contributed by atoms with Crippen molar-refractivity contribution < 1.29 is 33.3 Å². The maximum atomic E-state index is 14.1. The first-order valence-electron chi connectivity index (χ1n) is 13.4. The molecule has 1 amide bonds. The van der Waals surface area contributed by atoms with E-state index in [-0.39, 0.29) is 41.9 Å². The second-order valence-corrected chi connectivity index (χ2v) is 9.71. The lowest BCUT2D eigenvalue weighted by Crippen LogP contribution is -2.33. The highest BCUT2D eigenvalue weighted by molar-refractivity contribution is 5.97. The van der Waals surface area contributed by atoms with Crippen molar-refractivity contribution >= 4 is 23.3 Å². The third kappa shape index (κ3) is 7.84. The minimum absolute atomic E-state index is 0.00129. The SMILES string of the molecule is N#Cc1ccc(OCc2cccc(Oc3ccc(CC(=O)Nc4ccc(C(=O)O)cc4NC[C@@H]4CCO4)cc3)n2)c(F)c1. The lowest BCUT2D eigenvalue weighted by Gasteiger charge is -2.27. The number of nitrogens with zero attached hydrogens (tertiary/aromatic N) is 2. The van der Waals surface area contributed by atoms with Crippen molar-refractivity contribution in [2.75, 3.05) is 23.8 Å². The number of amides is 1. The van der Waals surface area contributed by atoms with Gasteiger partial charge in [-0.15, -0.1) is 0 Å². The molecule has 0 saturated carbocycles. The van der Waals surface area contributed by atoms with Crippen LogP contribution in [0.5, 0.6) is 17.4 Å². The van der Waals surface area contributed by atoms with E-state index in [4.69, 9.17) is 19.5 Å². The van der Waals surface area contributed by atoms with Crippen molar-refractivity contribution in [1.82, 2.24) is 4.98 Å². The number of nitrogens with one attached hydrogen (secondary N) is 2. The molecule has 1 saturated heterocycles. The molecule has 1 fully saturated rings. The van der Waals surface area contributed by atoms with Gasteiger partial charge < -0.3 is 30.0 Å². The number of ether oxygens (including phenoxy) is 3. The van der Waals surface area contributed by atoms with E-state index in [1.807, 2.05) is 6.07 Å². The second-order valence-electron chi connectivity index (χ2n) is 9.71. The Labute approximate surface area is 246 Å². The molecule has 0 bridgehead atoms. The van der Waals surface area contributed by atoms with Crippen LogP contribution in [0.2, 0.25) is 0 Å². The topological polar surface area (TPSA) is 143 Å². The highest BCUT2D eigenvalue weighted by Gasteiger charge is 2.19. The fourth-order valence-electron chi connectivity index (χ4n) is 4.21. The van der Waals surface area contributed by atoms with Gasteiger partial charge in [0, 0.05) is 19.2 Å². The minimum Gasteiger partial charge on any atom is -0.484 e. The van der Waals surface area contributed by atoms with Crippen LogP contribution < -0.4 is 20.1 Å². The predicted molar refractivity (Wildman–Crippen MR) is 155 cm³/mol. The number of nitriles is 1. The summed E-state index contributed by atoms with van der Waals surface area (Å²) in [5.74, 6) is -1.14. The van der Waals surface area contributed by atoms with Crippen LogP contribution in [-0.4, -0.2) is 41.2 Å². The number of hydrogen-bond acceptors (Lipinski definition) is 8. The number of carbonyl (C=O) groups is 2. The molecule has 1 aliphatic rings. The molecular formula is C32H27FN4O6. The van der Waals surface area contributed by atoms with E-state index in [9.17, 15) is 19.1 Å². The van der Waals surface area contributed by atoms with Gasteiger partial charge in [-0.05, 0) is 66.6 Å². The summed E-state index contributed by atoms with van der Waals surface area (Å²) in [5, 5.41) is 24.3. The van der Waals surface area contributed by atoms with E-state index in [1.165, 1.54) is 24.3 Å². The Bertz CT molecular complexity index is 1670. The van der Waals surface area contributed by atoms with Gasteiger partial charge in [-0.1, -0.05) is 18.2 Å². The number of anilines is 2. The van der Waals surface area contributed by atoms with Gasteiger partial charge in [0.2, 0.25) is 11.8 Å². The van der Waals surface area contributed by atoms with Gasteiger partial charge in [-0.3, -0.25) is 4.79 Å². The molecule has 3 aromatic carbocycles. The molecule has 0 spiro atoms. The third-order valence-electron chi connectivity index (χ3n) is 6.58. The van der Waals surface area contributed by atoms with E-state index in [0.29, 0.717) is 41.8 Å². The quantitative estimate of drug-likeness (QED) is 0.196. The van der Waals surface area contributed by atoms with Gasteiger partial charge >= 0.3 is 5.97 Å². The molecule has 0 aliphatic carbocycles. The Balaban J connectivity index is 1.16. The molecule has 0 unspecified atom stereocenters. The van der Waals surface area contributed by atoms with Crippen LogP contribution in [0.3, 0.4) is 0 Å². The van der Waals surface area contributed by atoms with Gasteiger partial charge in [0.05, 0.1) is 46.8 Å². The maximum absolute atomic E-state index is 14.1. The zero-order valence-electron chi connectivity index (χ0n) is 22.9. The molecule has 3 N–H and O–H groups in total. The van der Waals surface area contributed by atoms with Crippen LogP contribution in [0.25, 0.3) is 0 Å². The maximum Gasteiger partial charge on any atom is 0.335 e. The zero-order valence-corrected chi connectivity index (χ0v) is 22.9. The summed E-state index contributed by atoms with van der Waals surface area (Å²) in [6.07, 6.45) is 1.06.